The van der Waals surface area contributed by atoms with E-state index in [0.717, 1.165) is 0 Å². The van der Waals surface area contributed by atoms with Crippen LogP contribution in [0.15, 0.2) is 0 Å². The van der Waals surface area contributed by atoms with Crippen LogP contribution in [0.25, 0.3) is 0 Å². The van der Waals surface area contributed by atoms with Crippen LogP contribution >= 0.6 is 0 Å². The third kappa shape index (κ3) is 8.39. The molecule has 0 rings (SSSR count). The molecule has 0 spiro atoms. The number of rotatable bonds is 6. The molecule has 0 saturated heterocycles. The van der Waals surface area contributed by atoms with E-state index in [1.165, 1.54) is 0 Å². The minimum absolute atomic E-state index is 0.0120. The van der Waals surface area contributed by atoms with Crippen LogP contribution in [0.1, 0.15) is 33.6 Å². The van der Waals surface area contributed by atoms with Crippen LogP contribution in [-0.4, -0.2) is 37.4 Å². The van der Waals surface area contributed by atoms with Gasteiger partial charge >= 0.3 is 0 Å². The Morgan fingerprint density at radius 2 is 2.07 bits per heavy atom. The fraction of sp³-hybridized carbons (Fsp3) is 0.909. The quantitative estimate of drug-likeness (QED) is 0.696. The number of aliphatic hydroxyl groups excluding tert-OH is 1. The molecule has 1 atom stereocenters. The molecule has 0 radical (unpaired) electrons. The van der Waals surface area contributed by atoms with Gasteiger partial charge in [-0.3, -0.25) is 4.79 Å². The lowest BCUT2D eigenvalue weighted by Crippen LogP contribution is -2.40. The summed E-state index contributed by atoms with van der Waals surface area (Å²) in [7, 11) is 1.58. The average molecular weight is 217 g/mol. The number of nitrogens with one attached hydrogen (secondary N) is 1. The molecule has 0 bridgehead atoms. The number of methoxy groups -OCH3 is 1. The van der Waals surface area contributed by atoms with Gasteiger partial charge in [0.15, 0.2) is 0 Å². The highest BCUT2D eigenvalue weighted by Crippen LogP contribution is 2.17. The van der Waals surface area contributed by atoms with Crippen LogP contribution in [0.2, 0.25) is 0 Å². The molecule has 0 aliphatic rings. The standard InChI is InChI=1S/C11H23NO3/c1-11(2,3)7-10(14)12-9(5-6-13)8-15-4/h9,13H,5-8H2,1-4H3,(H,12,14). The van der Waals surface area contributed by atoms with Gasteiger partial charge in [-0.05, 0) is 11.8 Å². The van der Waals surface area contributed by atoms with Crippen LogP contribution in [0, 0.1) is 5.41 Å². The molecule has 15 heavy (non-hydrogen) atoms. The Labute approximate surface area is 92.0 Å². The van der Waals surface area contributed by atoms with Crippen molar-refractivity contribution in [1.29, 1.82) is 0 Å². The second-order valence-electron chi connectivity index (χ2n) is 4.97. The van der Waals surface area contributed by atoms with Crippen molar-refractivity contribution < 1.29 is 14.6 Å². The zero-order chi connectivity index (χ0) is 11.9. The molecule has 0 aromatic carbocycles. The minimum atomic E-state index is -0.0881. The maximum absolute atomic E-state index is 11.6. The number of hydrogen-bond donors (Lipinski definition) is 2. The number of ether oxygens (including phenoxy) is 1. The van der Waals surface area contributed by atoms with Crippen LogP contribution in [-0.2, 0) is 9.53 Å². The van der Waals surface area contributed by atoms with E-state index in [2.05, 4.69) is 5.32 Å². The number of aliphatic hydroxyl groups is 1. The number of carbonyl (C=O) groups is 1. The normalized spacial score (nSPS) is 13.7. The van der Waals surface area contributed by atoms with Gasteiger partial charge in [-0.15, -0.1) is 0 Å². The topological polar surface area (TPSA) is 58.6 Å². The van der Waals surface area contributed by atoms with Gasteiger partial charge < -0.3 is 15.2 Å². The highest BCUT2D eigenvalue weighted by Gasteiger charge is 2.18. The molecule has 0 aromatic heterocycles. The van der Waals surface area contributed by atoms with Crippen molar-refractivity contribution in [2.24, 2.45) is 5.41 Å². The van der Waals surface area contributed by atoms with E-state index in [1.54, 1.807) is 7.11 Å². The zero-order valence-electron chi connectivity index (χ0n) is 10.2. The van der Waals surface area contributed by atoms with Crippen molar-refractivity contribution in [3.8, 4) is 0 Å². The summed E-state index contributed by atoms with van der Waals surface area (Å²) in [6, 6.07) is -0.0881. The lowest BCUT2D eigenvalue weighted by molar-refractivity contribution is -0.124. The summed E-state index contributed by atoms with van der Waals surface area (Å²) in [5.74, 6) is 0.0120. The van der Waals surface area contributed by atoms with Gasteiger partial charge in [0.1, 0.15) is 0 Å². The molecule has 90 valence electrons. The van der Waals surface area contributed by atoms with Gasteiger partial charge in [0.25, 0.3) is 0 Å². The van der Waals surface area contributed by atoms with Crippen LogP contribution in [0.3, 0.4) is 0 Å². The summed E-state index contributed by atoms with van der Waals surface area (Å²) in [5, 5.41) is 11.7. The lowest BCUT2D eigenvalue weighted by Gasteiger charge is -2.21. The summed E-state index contributed by atoms with van der Waals surface area (Å²) in [6.07, 6.45) is 1.02. The fourth-order valence-corrected chi connectivity index (χ4v) is 1.31. The first kappa shape index (κ1) is 14.4. The second-order valence-corrected chi connectivity index (χ2v) is 4.97. The number of amides is 1. The van der Waals surface area contributed by atoms with E-state index < -0.39 is 0 Å². The maximum atomic E-state index is 11.6. The van der Waals surface area contributed by atoms with Gasteiger partial charge in [0.05, 0.1) is 12.6 Å². The number of hydrogen-bond acceptors (Lipinski definition) is 3. The molecular formula is C11H23NO3. The Kier molecular flexibility index (Phi) is 6.52. The fourth-order valence-electron chi connectivity index (χ4n) is 1.31. The van der Waals surface area contributed by atoms with Crippen molar-refractivity contribution in [2.75, 3.05) is 20.3 Å². The molecule has 1 unspecified atom stereocenters. The Morgan fingerprint density at radius 1 is 1.47 bits per heavy atom. The number of carbonyl (C=O) groups excluding carboxylic acids is 1. The predicted octanol–water partition coefficient (Wildman–Crippen LogP) is 0.936. The minimum Gasteiger partial charge on any atom is -0.396 e. The molecule has 0 aliphatic heterocycles. The smallest absolute Gasteiger partial charge is 0.220 e. The Balaban J connectivity index is 3.99. The monoisotopic (exact) mass is 217 g/mol. The van der Waals surface area contributed by atoms with Crippen molar-refractivity contribution in [3.63, 3.8) is 0 Å². The largest absolute Gasteiger partial charge is 0.396 e. The molecule has 0 heterocycles. The van der Waals surface area contributed by atoms with E-state index in [9.17, 15) is 4.79 Å². The molecule has 4 nitrogen and oxygen atoms in total. The molecule has 0 fully saturated rings. The maximum Gasteiger partial charge on any atom is 0.220 e. The van der Waals surface area contributed by atoms with Crippen molar-refractivity contribution >= 4 is 5.91 Å². The van der Waals surface area contributed by atoms with Crippen LogP contribution < -0.4 is 5.32 Å². The summed E-state index contributed by atoms with van der Waals surface area (Å²) in [5.41, 5.74) is -0.0130. The average Bonchev–Trinajstić information content (AvgIpc) is 2.00. The van der Waals surface area contributed by atoms with Gasteiger partial charge in [-0.1, -0.05) is 20.8 Å². The zero-order valence-corrected chi connectivity index (χ0v) is 10.2. The molecule has 4 heteroatoms. The van der Waals surface area contributed by atoms with Gasteiger partial charge in [-0.25, -0.2) is 0 Å². The first-order chi connectivity index (χ1) is 6.89. The first-order valence-corrected chi connectivity index (χ1v) is 5.28. The van der Waals surface area contributed by atoms with E-state index in [1.807, 2.05) is 20.8 Å². The van der Waals surface area contributed by atoms with Crippen LogP contribution in [0.4, 0.5) is 0 Å². The molecule has 1 amide bonds. The lowest BCUT2D eigenvalue weighted by atomic mass is 9.92. The van der Waals surface area contributed by atoms with E-state index in [0.29, 0.717) is 19.4 Å². The summed E-state index contributed by atoms with van der Waals surface area (Å²) in [6.45, 7) is 6.55. The SMILES string of the molecule is COCC(CCO)NC(=O)CC(C)(C)C. The third-order valence-corrected chi connectivity index (χ3v) is 1.90. The third-order valence-electron chi connectivity index (χ3n) is 1.90. The second kappa shape index (κ2) is 6.80. The first-order valence-electron chi connectivity index (χ1n) is 5.28. The highest BCUT2D eigenvalue weighted by atomic mass is 16.5. The van der Waals surface area contributed by atoms with Crippen LogP contribution in [0.5, 0.6) is 0 Å². The van der Waals surface area contributed by atoms with Gasteiger partial charge in [0, 0.05) is 20.1 Å². The van der Waals surface area contributed by atoms with Crippen molar-refractivity contribution in [1.82, 2.24) is 5.32 Å². The van der Waals surface area contributed by atoms with E-state index in [4.69, 9.17) is 9.84 Å². The summed E-state index contributed by atoms with van der Waals surface area (Å²) >= 11 is 0. The van der Waals surface area contributed by atoms with E-state index >= 15 is 0 Å². The Morgan fingerprint density at radius 3 is 2.47 bits per heavy atom. The van der Waals surface area contributed by atoms with Gasteiger partial charge in [-0.2, -0.15) is 0 Å². The van der Waals surface area contributed by atoms with Crippen molar-refractivity contribution in [3.05, 3.63) is 0 Å². The predicted molar refractivity (Wildman–Crippen MR) is 59.6 cm³/mol. The van der Waals surface area contributed by atoms with Gasteiger partial charge in [0.2, 0.25) is 5.91 Å². The summed E-state index contributed by atoms with van der Waals surface area (Å²) in [4.78, 5) is 11.6. The van der Waals surface area contributed by atoms with E-state index in [-0.39, 0.29) is 24.0 Å². The Bertz CT molecular complexity index is 181. The molecular weight excluding hydrogens is 194 g/mol. The van der Waals surface area contributed by atoms with Crippen molar-refractivity contribution in [2.45, 2.75) is 39.7 Å². The summed E-state index contributed by atoms with van der Waals surface area (Å²) < 4.78 is 4.96. The molecule has 0 aromatic rings. The molecule has 0 saturated carbocycles. The molecule has 2 N–H and O–H groups in total. The Hall–Kier alpha value is -0.610. The highest BCUT2D eigenvalue weighted by molar-refractivity contribution is 5.76. The molecule has 0 aliphatic carbocycles.